The second-order valence-corrected chi connectivity index (χ2v) is 6.41. The molecule has 2 aromatic rings. The molecule has 0 bridgehead atoms. The molecule has 1 nitrogen and oxygen atoms in total. The molecule has 0 saturated carbocycles. The van der Waals surface area contributed by atoms with Crippen LogP contribution in [0.4, 0.5) is 0 Å². The molecule has 0 fully saturated rings. The molecule has 0 heterocycles. The van der Waals surface area contributed by atoms with Crippen molar-refractivity contribution in [3.05, 3.63) is 62.1 Å². The topological polar surface area (TPSA) is 9.23 Å². The summed E-state index contributed by atoms with van der Waals surface area (Å²) in [6, 6.07) is 9.81. The van der Waals surface area contributed by atoms with Crippen molar-refractivity contribution in [1.29, 1.82) is 0 Å². The van der Waals surface area contributed by atoms with Gasteiger partial charge in [-0.05, 0) is 70.2 Å². The summed E-state index contributed by atoms with van der Waals surface area (Å²) in [5.41, 5.74) is 4.25. The fraction of sp³-hybridized carbons (Fsp3) is 0.250. The molecule has 0 radical (unpaired) electrons. The highest BCUT2D eigenvalue weighted by atomic mass is 79.9. The van der Waals surface area contributed by atoms with Crippen molar-refractivity contribution in [2.24, 2.45) is 0 Å². The van der Waals surface area contributed by atoms with Gasteiger partial charge in [0.1, 0.15) is 5.75 Å². The Bertz CT molecular complexity index is 641. The van der Waals surface area contributed by atoms with Crippen LogP contribution in [0.15, 0.2) is 34.8 Å². The highest BCUT2D eigenvalue weighted by molar-refractivity contribution is 9.10. The summed E-state index contributed by atoms with van der Waals surface area (Å²) < 4.78 is 6.11. The summed E-state index contributed by atoms with van der Waals surface area (Å²) in [7, 11) is 1.64. The van der Waals surface area contributed by atoms with Gasteiger partial charge in [0.15, 0.2) is 0 Å². The van der Waals surface area contributed by atoms with E-state index in [1.165, 1.54) is 11.1 Å². The van der Waals surface area contributed by atoms with Crippen LogP contribution in [-0.4, -0.2) is 7.11 Å². The van der Waals surface area contributed by atoms with Crippen LogP contribution >= 0.6 is 39.1 Å². The number of ether oxygens (including phenoxy) is 1. The molecule has 20 heavy (non-hydrogen) atoms. The first-order valence-corrected chi connectivity index (χ1v) is 7.79. The third-order valence-electron chi connectivity index (χ3n) is 3.35. The molecule has 0 aromatic heterocycles. The van der Waals surface area contributed by atoms with Crippen LogP contribution in [0.25, 0.3) is 0 Å². The van der Waals surface area contributed by atoms with E-state index in [0.29, 0.717) is 5.02 Å². The van der Waals surface area contributed by atoms with E-state index in [2.05, 4.69) is 22.9 Å². The van der Waals surface area contributed by atoms with Gasteiger partial charge < -0.3 is 4.74 Å². The van der Waals surface area contributed by atoms with Crippen molar-refractivity contribution in [2.45, 2.75) is 19.2 Å². The monoisotopic (exact) mass is 372 g/mol. The lowest BCUT2D eigenvalue weighted by atomic mass is 10.00. The summed E-state index contributed by atoms with van der Waals surface area (Å²) in [5.74, 6) is 0.781. The molecule has 1 unspecified atom stereocenters. The fourth-order valence-corrected chi connectivity index (χ4v) is 3.28. The zero-order chi connectivity index (χ0) is 14.9. The molecule has 0 aliphatic carbocycles. The molecule has 2 aromatic carbocycles. The minimum Gasteiger partial charge on any atom is -0.496 e. The van der Waals surface area contributed by atoms with Gasteiger partial charge in [0.2, 0.25) is 0 Å². The van der Waals surface area contributed by atoms with Crippen LogP contribution in [-0.2, 0) is 0 Å². The SMILES string of the molecule is COc1ccc(C(Cl)c2cc(C)c(C)cc2Cl)cc1Br. The molecule has 2 rings (SSSR count). The van der Waals surface area contributed by atoms with E-state index < -0.39 is 0 Å². The predicted octanol–water partition coefficient (Wildman–Crippen LogP) is 6.06. The van der Waals surface area contributed by atoms with Gasteiger partial charge in [-0.2, -0.15) is 0 Å². The van der Waals surface area contributed by atoms with Crippen molar-refractivity contribution in [1.82, 2.24) is 0 Å². The zero-order valence-electron chi connectivity index (χ0n) is 11.5. The van der Waals surface area contributed by atoms with Crippen molar-refractivity contribution in [3.8, 4) is 5.75 Å². The number of alkyl halides is 1. The maximum absolute atomic E-state index is 6.58. The minimum absolute atomic E-state index is 0.288. The third kappa shape index (κ3) is 3.13. The van der Waals surface area contributed by atoms with Crippen LogP contribution in [0, 0.1) is 13.8 Å². The van der Waals surface area contributed by atoms with Gasteiger partial charge in [0.25, 0.3) is 0 Å². The average Bonchev–Trinajstić information content (AvgIpc) is 2.42. The first kappa shape index (κ1) is 15.7. The number of hydrogen-bond donors (Lipinski definition) is 0. The molecular formula is C16H15BrCl2O. The van der Waals surface area contributed by atoms with Gasteiger partial charge in [-0.1, -0.05) is 23.7 Å². The van der Waals surface area contributed by atoms with Crippen molar-refractivity contribution in [2.75, 3.05) is 7.11 Å². The first-order chi connectivity index (χ1) is 9.43. The van der Waals surface area contributed by atoms with E-state index in [-0.39, 0.29) is 5.38 Å². The van der Waals surface area contributed by atoms with E-state index in [4.69, 9.17) is 27.9 Å². The Morgan fingerprint density at radius 2 is 1.75 bits per heavy atom. The van der Waals surface area contributed by atoms with Gasteiger partial charge in [0.05, 0.1) is 17.0 Å². The third-order valence-corrected chi connectivity index (χ3v) is 4.79. The second-order valence-electron chi connectivity index (χ2n) is 4.71. The standard InChI is InChI=1S/C16H15BrCl2O/c1-9-6-12(14(18)7-10(9)2)16(19)11-4-5-15(20-3)13(17)8-11/h4-8,16H,1-3H3. The van der Waals surface area contributed by atoms with E-state index in [0.717, 1.165) is 21.3 Å². The molecule has 0 aliphatic rings. The van der Waals surface area contributed by atoms with Crippen LogP contribution in [0.1, 0.15) is 27.6 Å². The number of hydrogen-bond acceptors (Lipinski definition) is 1. The van der Waals surface area contributed by atoms with Gasteiger partial charge in [-0.15, -0.1) is 11.6 Å². The molecule has 0 N–H and O–H groups in total. The highest BCUT2D eigenvalue weighted by Gasteiger charge is 2.16. The Hall–Kier alpha value is -0.700. The Kier molecular flexibility index (Phi) is 5.00. The molecule has 0 saturated heterocycles. The summed E-state index contributed by atoms with van der Waals surface area (Å²) >= 11 is 16.4. The number of aryl methyl sites for hydroxylation is 2. The number of methoxy groups -OCH3 is 1. The van der Waals surface area contributed by atoms with Gasteiger partial charge in [-0.25, -0.2) is 0 Å². The van der Waals surface area contributed by atoms with Crippen LogP contribution in [0.2, 0.25) is 5.02 Å². The van der Waals surface area contributed by atoms with E-state index in [1.807, 2.05) is 37.3 Å². The molecule has 0 aliphatic heterocycles. The summed E-state index contributed by atoms with van der Waals surface area (Å²) in [6.45, 7) is 4.10. The van der Waals surface area contributed by atoms with Crippen LogP contribution in [0.3, 0.4) is 0 Å². The summed E-state index contributed by atoms with van der Waals surface area (Å²) in [6.07, 6.45) is 0. The summed E-state index contributed by atoms with van der Waals surface area (Å²) in [4.78, 5) is 0. The average molecular weight is 374 g/mol. The van der Waals surface area contributed by atoms with E-state index in [1.54, 1.807) is 7.11 Å². The van der Waals surface area contributed by atoms with Crippen molar-refractivity contribution < 1.29 is 4.74 Å². The quantitative estimate of drug-likeness (QED) is 0.594. The molecular weight excluding hydrogens is 359 g/mol. The molecule has 1 atom stereocenters. The molecule has 0 spiro atoms. The predicted molar refractivity (Wildman–Crippen MR) is 89.3 cm³/mol. The van der Waals surface area contributed by atoms with Crippen LogP contribution < -0.4 is 4.74 Å². The van der Waals surface area contributed by atoms with Crippen LogP contribution in [0.5, 0.6) is 5.75 Å². The van der Waals surface area contributed by atoms with Gasteiger partial charge in [0, 0.05) is 5.02 Å². The van der Waals surface area contributed by atoms with Crippen molar-refractivity contribution in [3.63, 3.8) is 0 Å². The van der Waals surface area contributed by atoms with E-state index in [9.17, 15) is 0 Å². The lowest BCUT2D eigenvalue weighted by molar-refractivity contribution is 0.412. The number of benzene rings is 2. The van der Waals surface area contributed by atoms with E-state index >= 15 is 0 Å². The smallest absolute Gasteiger partial charge is 0.133 e. The molecule has 0 amide bonds. The molecule has 106 valence electrons. The Balaban J connectivity index is 2.43. The molecule has 4 heteroatoms. The lowest BCUT2D eigenvalue weighted by Gasteiger charge is -2.15. The Morgan fingerprint density at radius 3 is 2.35 bits per heavy atom. The van der Waals surface area contributed by atoms with Gasteiger partial charge >= 0.3 is 0 Å². The Morgan fingerprint density at radius 1 is 1.10 bits per heavy atom. The maximum atomic E-state index is 6.58. The van der Waals surface area contributed by atoms with Crippen molar-refractivity contribution >= 4 is 39.1 Å². The minimum atomic E-state index is -0.288. The first-order valence-electron chi connectivity index (χ1n) is 6.18. The Labute approximate surface area is 138 Å². The maximum Gasteiger partial charge on any atom is 0.133 e. The lowest BCUT2D eigenvalue weighted by Crippen LogP contribution is -1.97. The highest BCUT2D eigenvalue weighted by Crippen LogP contribution is 2.37. The second kappa shape index (κ2) is 6.38. The normalized spacial score (nSPS) is 12.3. The fourth-order valence-electron chi connectivity index (χ4n) is 2.02. The van der Waals surface area contributed by atoms with Gasteiger partial charge in [-0.3, -0.25) is 0 Å². The number of rotatable bonds is 3. The largest absolute Gasteiger partial charge is 0.496 e. The zero-order valence-corrected chi connectivity index (χ0v) is 14.6. The summed E-state index contributed by atoms with van der Waals surface area (Å²) in [5, 5.41) is 0.407. The number of halogens is 3.